The maximum atomic E-state index is 12.5. The maximum Gasteiger partial charge on any atom is 0.241 e. The molecule has 1 atom stereocenters. The second-order valence-electron chi connectivity index (χ2n) is 5.66. The SMILES string of the molecule is C#CCN(Cc1ccc(C)cc1)C(=O)[C@H](C)S(=O)(=O)C(C)C. The summed E-state index contributed by atoms with van der Waals surface area (Å²) in [7, 11) is -3.50. The first-order valence-corrected chi connectivity index (χ1v) is 8.81. The number of carbonyl (C=O) groups is 1. The standard InChI is InChI=1S/C17H23NO3S/c1-6-11-18(12-16-9-7-14(4)8-10-16)17(19)15(5)22(20,21)13(2)3/h1,7-10,13,15H,11-12H2,2-5H3/t15-/m0/s1. The van der Waals surface area contributed by atoms with Gasteiger partial charge in [0.2, 0.25) is 5.91 Å². The number of rotatable bonds is 6. The van der Waals surface area contributed by atoms with Crippen molar-refractivity contribution in [3.63, 3.8) is 0 Å². The lowest BCUT2D eigenvalue weighted by Gasteiger charge is -2.25. The largest absolute Gasteiger partial charge is 0.326 e. The van der Waals surface area contributed by atoms with Crippen LogP contribution >= 0.6 is 0 Å². The smallest absolute Gasteiger partial charge is 0.241 e. The zero-order valence-electron chi connectivity index (χ0n) is 13.5. The Morgan fingerprint density at radius 1 is 1.23 bits per heavy atom. The van der Waals surface area contributed by atoms with Crippen molar-refractivity contribution in [2.75, 3.05) is 6.54 Å². The van der Waals surface area contributed by atoms with E-state index in [0.717, 1.165) is 11.1 Å². The molecule has 5 heteroatoms. The molecule has 1 aromatic carbocycles. The summed E-state index contributed by atoms with van der Waals surface area (Å²) in [4.78, 5) is 13.9. The Morgan fingerprint density at radius 3 is 2.23 bits per heavy atom. The molecule has 0 radical (unpaired) electrons. The van der Waals surface area contributed by atoms with Crippen LogP contribution in [0.4, 0.5) is 0 Å². The van der Waals surface area contributed by atoms with Crippen molar-refractivity contribution in [2.45, 2.75) is 44.7 Å². The fourth-order valence-corrected chi connectivity index (χ4v) is 3.29. The molecule has 4 nitrogen and oxygen atoms in total. The molecule has 1 aromatic rings. The van der Waals surface area contributed by atoms with Crippen LogP contribution in [0.5, 0.6) is 0 Å². The van der Waals surface area contributed by atoms with Crippen molar-refractivity contribution in [2.24, 2.45) is 0 Å². The van der Waals surface area contributed by atoms with E-state index in [1.54, 1.807) is 13.8 Å². The average Bonchev–Trinajstić information content (AvgIpc) is 2.47. The maximum absolute atomic E-state index is 12.5. The number of hydrogen-bond acceptors (Lipinski definition) is 3. The molecule has 0 aliphatic heterocycles. The zero-order valence-corrected chi connectivity index (χ0v) is 14.4. The van der Waals surface area contributed by atoms with Gasteiger partial charge in [-0.25, -0.2) is 8.42 Å². The van der Waals surface area contributed by atoms with Crippen LogP contribution in [0.25, 0.3) is 0 Å². The van der Waals surface area contributed by atoms with Crippen molar-refractivity contribution in [3.05, 3.63) is 35.4 Å². The first-order valence-electron chi connectivity index (χ1n) is 7.20. The summed E-state index contributed by atoms with van der Waals surface area (Å²) in [6, 6.07) is 7.71. The van der Waals surface area contributed by atoms with Gasteiger partial charge >= 0.3 is 0 Å². The Kier molecular flexibility index (Phi) is 6.19. The van der Waals surface area contributed by atoms with Crippen LogP contribution in [0.3, 0.4) is 0 Å². The third-order valence-corrected chi connectivity index (χ3v) is 6.09. The molecule has 0 heterocycles. The Morgan fingerprint density at radius 2 is 1.77 bits per heavy atom. The summed E-state index contributed by atoms with van der Waals surface area (Å²) in [5, 5.41) is -1.69. The Labute approximate surface area is 133 Å². The minimum atomic E-state index is -3.50. The highest BCUT2D eigenvalue weighted by Crippen LogP contribution is 2.14. The predicted octanol–water partition coefficient (Wildman–Crippen LogP) is 2.17. The van der Waals surface area contributed by atoms with E-state index in [1.807, 2.05) is 31.2 Å². The second kappa shape index (κ2) is 7.46. The number of sulfone groups is 1. The Hall–Kier alpha value is -1.80. The van der Waals surface area contributed by atoms with E-state index in [4.69, 9.17) is 6.42 Å². The first kappa shape index (κ1) is 18.2. The van der Waals surface area contributed by atoms with Crippen molar-refractivity contribution < 1.29 is 13.2 Å². The molecule has 120 valence electrons. The van der Waals surface area contributed by atoms with Gasteiger partial charge in [0.25, 0.3) is 0 Å². The number of aryl methyl sites for hydroxylation is 1. The minimum Gasteiger partial charge on any atom is -0.326 e. The molecule has 1 amide bonds. The number of benzene rings is 1. The number of amides is 1. The van der Waals surface area contributed by atoms with Crippen LogP contribution in [-0.2, 0) is 21.2 Å². The normalized spacial score (nSPS) is 12.7. The van der Waals surface area contributed by atoms with Crippen LogP contribution in [0.1, 0.15) is 31.9 Å². The molecule has 0 N–H and O–H groups in total. The van der Waals surface area contributed by atoms with Crippen LogP contribution in [0.2, 0.25) is 0 Å². The van der Waals surface area contributed by atoms with E-state index in [2.05, 4.69) is 5.92 Å². The van der Waals surface area contributed by atoms with Gasteiger partial charge in [0.05, 0.1) is 11.8 Å². The van der Waals surface area contributed by atoms with Gasteiger partial charge in [-0.05, 0) is 33.3 Å². The van der Waals surface area contributed by atoms with E-state index in [0.29, 0.717) is 6.54 Å². The molecule has 0 saturated carbocycles. The molecule has 0 aliphatic carbocycles. The van der Waals surface area contributed by atoms with Crippen molar-refractivity contribution in [3.8, 4) is 12.3 Å². The topological polar surface area (TPSA) is 54.5 Å². The lowest BCUT2D eigenvalue weighted by Crippen LogP contribution is -2.43. The van der Waals surface area contributed by atoms with E-state index in [1.165, 1.54) is 11.8 Å². The molecule has 1 rings (SSSR count). The summed E-state index contributed by atoms with van der Waals surface area (Å²) in [6.45, 7) is 6.95. The molecule has 0 unspecified atom stereocenters. The number of terminal acetylenes is 1. The quantitative estimate of drug-likeness (QED) is 0.755. The van der Waals surface area contributed by atoms with Gasteiger partial charge in [-0.15, -0.1) is 6.42 Å². The van der Waals surface area contributed by atoms with E-state index in [9.17, 15) is 13.2 Å². The minimum absolute atomic E-state index is 0.0880. The fourth-order valence-electron chi connectivity index (χ4n) is 2.04. The van der Waals surface area contributed by atoms with Gasteiger partial charge < -0.3 is 4.90 Å². The van der Waals surface area contributed by atoms with E-state index < -0.39 is 26.2 Å². The third-order valence-electron chi connectivity index (χ3n) is 3.59. The summed E-state index contributed by atoms with van der Waals surface area (Å²) in [5.41, 5.74) is 2.04. The van der Waals surface area contributed by atoms with Crippen LogP contribution in [-0.4, -0.2) is 36.3 Å². The molecule has 0 spiro atoms. The average molecular weight is 321 g/mol. The number of hydrogen-bond donors (Lipinski definition) is 0. The molecule has 0 saturated heterocycles. The van der Waals surface area contributed by atoms with Crippen LogP contribution in [0, 0.1) is 19.3 Å². The third kappa shape index (κ3) is 4.35. The summed E-state index contributed by atoms with van der Waals surface area (Å²) in [6.07, 6.45) is 5.32. The molecule has 0 aliphatic rings. The first-order chi connectivity index (χ1) is 10.2. The highest BCUT2D eigenvalue weighted by atomic mass is 32.2. The fraction of sp³-hybridized carbons (Fsp3) is 0.471. The van der Waals surface area contributed by atoms with Crippen LogP contribution in [0.15, 0.2) is 24.3 Å². The highest BCUT2D eigenvalue weighted by Gasteiger charge is 2.33. The monoisotopic (exact) mass is 321 g/mol. The van der Waals surface area contributed by atoms with Gasteiger partial charge in [-0.2, -0.15) is 0 Å². The van der Waals surface area contributed by atoms with Gasteiger partial charge in [-0.3, -0.25) is 4.79 Å². The summed E-state index contributed by atoms with van der Waals surface area (Å²) in [5.74, 6) is 1.97. The lowest BCUT2D eigenvalue weighted by molar-refractivity contribution is -0.130. The Balaban J connectivity index is 2.98. The van der Waals surface area contributed by atoms with E-state index in [-0.39, 0.29) is 6.54 Å². The number of nitrogens with zero attached hydrogens (tertiary/aromatic N) is 1. The van der Waals surface area contributed by atoms with Gasteiger partial charge in [0.15, 0.2) is 9.84 Å². The number of carbonyl (C=O) groups excluding carboxylic acids is 1. The predicted molar refractivity (Wildman–Crippen MR) is 88.9 cm³/mol. The lowest BCUT2D eigenvalue weighted by atomic mass is 10.1. The van der Waals surface area contributed by atoms with E-state index >= 15 is 0 Å². The molecule has 0 aromatic heterocycles. The Bertz CT molecular complexity index is 654. The van der Waals surface area contributed by atoms with Crippen molar-refractivity contribution >= 4 is 15.7 Å². The summed E-state index contributed by atoms with van der Waals surface area (Å²) < 4.78 is 24.4. The molecular weight excluding hydrogens is 298 g/mol. The summed E-state index contributed by atoms with van der Waals surface area (Å²) >= 11 is 0. The van der Waals surface area contributed by atoms with Crippen molar-refractivity contribution in [1.82, 2.24) is 4.90 Å². The van der Waals surface area contributed by atoms with Gasteiger partial charge in [0.1, 0.15) is 5.25 Å². The zero-order chi connectivity index (χ0) is 16.9. The highest BCUT2D eigenvalue weighted by molar-refractivity contribution is 7.93. The molecular formula is C17H23NO3S. The van der Waals surface area contributed by atoms with Gasteiger partial charge in [-0.1, -0.05) is 35.7 Å². The molecule has 0 fully saturated rings. The molecule has 22 heavy (non-hydrogen) atoms. The van der Waals surface area contributed by atoms with Gasteiger partial charge in [0, 0.05) is 6.54 Å². The molecule has 0 bridgehead atoms. The van der Waals surface area contributed by atoms with Crippen molar-refractivity contribution in [1.29, 1.82) is 0 Å². The van der Waals surface area contributed by atoms with Crippen LogP contribution < -0.4 is 0 Å². The second-order valence-corrected chi connectivity index (χ2v) is 8.49.